The van der Waals surface area contributed by atoms with Crippen molar-refractivity contribution in [1.82, 2.24) is 4.57 Å². The van der Waals surface area contributed by atoms with Crippen molar-refractivity contribution in [2.24, 2.45) is 0 Å². The normalized spacial score (nSPS) is 16.1. The highest BCUT2D eigenvalue weighted by Gasteiger charge is 2.37. The van der Waals surface area contributed by atoms with E-state index in [9.17, 15) is 10.1 Å². The summed E-state index contributed by atoms with van der Waals surface area (Å²) >= 11 is 0. The number of carbonyl (C=O) groups is 1. The standard InChI is InChI=1S/C23H22N2O4/c1-4-14-28-18-10-8-17(9-11-18)21-19(15-24)22(25-12-6-7-13-25)29-16(3)20(21)23(26)27-5-2/h4,6-13,21H,1,5,14H2,2-3H3/t21-/m0/s1. The average Bonchev–Trinajstić information content (AvgIpc) is 3.26. The molecule has 148 valence electrons. The van der Waals surface area contributed by atoms with E-state index >= 15 is 0 Å². The maximum Gasteiger partial charge on any atom is 0.338 e. The first-order chi connectivity index (χ1) is 14.1. The number of hydrogen-bond donors (Lipinski definition) is 0. The quantitative estimate of drug-likeness (QED) is 0.518. The van der Waals surface area contributed by atoms with Gasteiger partial charge in [0.25, 0.3) is 0 Å². The van der Waals surface area contributed by atoms with Crippen molar-refractivity contribution in [3.63, 3.8) is 0 Å². The van der Waals surface area contributed by atoms with E-state index in [0.29, 0.717) is 35.1 Å². The average molecular weight is 390 g/mol. The zero-order valence-electron chi connectivity index (χ0n) is 16.4. The van der Waals surface area contributed by atoms with E-state index in [4.69, 9.17) is 14.2 Å². The summed E-state index contributed by atoms with van der Waals surface area (Å²) in [7, 11) is 0. The van der Waals surface area contributed by atoms with E-state index in [1.165, 1.54) is 0 Å². The monoisotopic (exact) mass is 390 g/mol. The van der Waals surface area contributed by atoms with Crippen molar-refractivity contribution in [1.29, 1.82) is 5.26 Å². The number of hydrogen-bond acceptors (Lipinski definition) is 5. The van der Waals surface area contributed by atoms with Gasteiger partial charge < -0.3 is 14.2 Å². The van der Waals surface area contributed by atoms with E-state index in [2.05, 4.69) is 12.6 Å². The van der Waals surface area contributed by atoms with Crippen LogP contribution in [0.15, 0.2) is 78.4 Å². The second-order valence-electron chi connectivity index (χ2n) is 6.32. The van der Waals surface area contributed by atoms with Crippen LogP contribution in [0.25, 0.3) is 5.88 Å². The van der Waals surface area contributed by atoms with Crippen LogP contribution in [-0.2, 0) is 14.3 Å². The number of ether oxygens (including phenoxy) is 3. The molecule has 3 rings (SSSR count). The molecule has 1 aliphatic heterocycles. The predicted molar refractivity (Wildman–Crippen MR) is 109 cm³/mol. The third-order valence-electron chi connectivity index (χ3n) is 4.47. The van der Waals surface area contributed by atoms with Gasteiger partial charge in [-0.25, -0.2) is 4.79 Å². The molecule has 1 aromatic heterocycles. The van der Waals surface area contributed by atoms with Gasteiger partial charge in [0.15, 0.2) is 0 Å². The van der Waals surface area contributed by atoms with E-state index in [0.717, 1.165) is 5.56 Å². The smallest absolute Gasteiger partial charge is 0.338 e. The first-order valence-corrected chi connectivity index (χ1v) is 9.27. The first kappa shape index (κ1) is 20.0. The Hall–Kier alpha value is -3.72. The molecular formula is C23H22N2O4. The Morgan fingerprint density at radius 1 is 1.31 bits per heavy atom. The van der Waals surface area contributed by atoms with Crippen LogP contribution in [0.1, 0.15) is 25.3 Å². The molecule has 6 nitrogen and oxygen atoms in total. The zero-order valence-corrected chi connectivity index (χ0v) is 16.4. The van der Waals surface area contributed by atoms with Gasteiger partial charge in [-0.3, -0.25) is 4.57 Å². The maximum absolute atomic E-state index is 12.7. The van der Waals surface area contributed by atoms with E-state index in [1.54, 1.807) is 49.0 Å². The van der Waals surface area contributed by atoms with Gasteiger partial charge in [0.05, 0.1) is 18.1 Å². The summed E-state index contributed by atoms with van der Waals surface area (Å²) in [6.45, 7) is 7.70. The summed E-state index contributed by atoms with van der Waals surface area (Å²) in [4.78, 5) is 12.7. The van der Waals surface area contributed by atoms with Crippen LogP contribution < -0.4 is 4.74 Å². The molecule has 1 aromatic carbocycles. The van der Waals surface area contributed by atoms with Gasteiger partial charge in [-0.15, -0.1) is 0 Å². The van der Waals surface area contributed by atoms with Crippen molar-refractivity contribution in [3.05, 3.63) is 83.9 Å². The molecule has 6 heteroatoms. The Morgan fingerprint density at radius 3 is 2.59 bits per heavy atom. The van der Waals surface area contributed by atoms with Crippen LogP contribution in [0.5, 0.6) is 5.75 Å². The number of rotatable bonds is 7. The van der Waals surface area contributed by atoms with Crippen molar-refractivity contribution in [3.8, 4) is 11.8 Å². The molecule has 0 N–H and O–H groups in total. The fourth-order valence-electron chi connectivity index (χ4n) is 3.22. The number of aromatic nitrogens is 1. The van der Waals surface area contributed by atoms with Crippen LogP contribution in [0.2, 0.25) is 0 Å². The van der Waals surface area contributed by atoms with E-state index in [-0.39, 0.29) is 6.61 Å². The third-order valence-corrected chi connectivity index (χ3v) is 4.47. The second kappa shape index (κ2) is 8.98. The van der Waals surface area contributed by atoms with Gasteiger partial charge in [0.2, 0.25) is 5.88 Å². The summed E-state index contributed by atoms with van der Waals surface area (Å²) < 4.78 is 18.4. The zero-order chi connectivity index (χ0) is 20.8. The van der Waals surface area contributed by atoms with Crippen LogP contribution >= 0.6 is 0 Å². The first-order valence-electron chi connectivity index (χ1n) is 9.27. The third kappa shape index (κ3) is 4.09. The van der Waals surface area contributed by atoms with Crippen LogP contribution in [-0.4, -0.2) is 23.8 Å². The summed E-state index contributed by atoms with van der Waals surface area (Å²) in [6, 6.07) is 13.2. The minimum Gasteiger partial charge on any atom is -0.490 e. The molecule has 1 aliphatic rings. The second-order valence-corrected chi connectivity index (χ2v) is 6.32. The molecule has 0 saturated carbocycles. The fraction of sp³-hybridized carbons (Fsp3) is 0.217. The number of esters is 1. The molecule has 29 heavy (non-hydrogen) atoms. The number of nitrogens with zero attached hydrogens (tertiary/aromatic N) is 2. The number of nitriles is 1. The largest absolute Gasteiger partial charge is 0.490 e. The Morgan fingerprint density at radius 2 is 2.00 bits per heavy atom. The number of carbonyl (C=O) groups excluding carboxylic acids is 1. The summed E-state index contributed by atoms with van der Waals surface area (Å²) in [6.07, 6.45) is 5.24. The molecule has 0 bridgehead atoms. The maximum atomic E-state index is 12.7. The Bertz CT molecular complexity index is 992. The molecular weight excluding hydrogens is 368 g/mol. The highest BCUT2D eigenvalue weighted by Crippen LogP contribution is 2.42. The van der Waals surface area contributed by atoms with E-state index in [1.807, 2.05) is 24.3 Å². The minimum atomic E-state index is -0.612. The molecule has 0 unspecified atom stereocenters. The molecule has 2 heterocycles. The highest BCUT2D eigenvalue weighted by molar-refractivity contribution is 5.93. The summed E-state index contributed by atoms with van der Waals surface area (Å²) in [5.41, 5.74) is 1.41. The fourth-order valence-corrected chi connectivity index (χ4v) is 3.22. The van der Waals surface area contributed by atoms with Gasteiger partial charge in [0, 0.05) is 12.4 Å². The summed E-state index contributed by atoms with van der Waals surface area (Å²) in [5, 5.41) is 9.97. The molecule has 0 aliphatic carbocycles. The van der Waals surface area contributed by atoms with Crippen molar-refractivity contribution in [2.45, 2.75) is 19.8 Å². The molecule has 0 saturated heterocycles. The molecule has 0 radical (unpaired) electrons. The Balaban J connectivity index is 2.11. The van der Waals surface area contributed by atoms with Crippen molar-refractivity contribution in [2.75, 3.05) is 13.2 Å². The van der Waals surface area contributed by atoms with E-state index < -0.39 is 11.9 Å². The molecule has 0 spiro atoms. The topological polar surface area (TPSA) is 73.5 Å². The number of allylic oxidation sites excluding steroid dienone is 2. The highest BCUT2D eigenvalue weighted by atomic mass is 16.5. The minimum absolute atomic E-state index is 0.229. The lowest BCUT2D eigenvalue weighted by Gasteiger charge is -2.28. The Labute approximate surface area is 169 Å². The van der Waals surface area contributed by atoms with Gasteiger partial charge in [-0.2, -0.15) is 5.26 Å². The van der Waals surface area contributed by atoms with Gasteiger partial charge in [-0.1, -0.05) is 24.8 Å². The molecule has 0 amide bonds. The summed E-state index contributed by atoms with van der Waals surface area (Å²) in [5.74, 6) is 0.343. The molecule has 1 atom stereocenters. The lowest BCUT2D eigenvalue weighted by molar-refractivity contribution is -0.139. The lowest BCUT2D eigenvalue weighted by atomic mass is 9.83. The van der Waals surface area contributed by atoms with Crippen LogP contribution in [0.3, 0.4) is 0 Å². The predicted octanol–water partition coefficient (Wildman–Crippen LogP) is 4.40. The Kier molecular flexibility index (Phi) is 6.20. The molecule has 0 fully saturated rings. The number of benzene rings is 1. The lowest BCUT2D eigenvalue weighted by Crippen LogP contribution is -2.24. The SMILES string of the molecule is C=CCOc1ccc([C@H]2C(C#N)=C(n3cccc3)OC(C)=C2C(=O)OCC)cc1. The van der Waals surface area contributed by atoms with Gasteiger partial charge in [-0.05, 0) is 43.7 Å². The van der Waals surface area contributed by atoms with Crippen LogP contribution in [0.4, 0.5) is 0 Å². The van der Waals surface area contributed by atoms with Crippen LogP contribution in [0, 0.1) is 11.3 Å². The van der Waals surface area contributed by atoms with Gasteiger partial charge >= 0.3 is 5.97 Å². The van der Waals surface area contributed by atoms with Gasteiger partial charge in [0.1, 0.15) is 29.8 Å². The van der Waals surface area contributed by atoms with Crippen molar-refractivity contribution >= 4 is 11.9 Å². The molecule has 2 aromatic rings. The van der Waals surface area contributed by atoms with Crippen molar-refractivity contribution < 1.29 is 19.0 Å².